The number of amides is 1. The first kappa shape index (κ1) is 15.1. The highest BCUT2D eigenvalue weighted by molar-refractivity contribution is 7.99. The van der Waals surface area contributed by atoms with Crippen LogP contribution in [0, 0.1) is 0 Å². The van der Waals surface area contributed by atoms with Gasteiger partial charge in [0.2, 0.25) is 0 Å². The Morgan fingerprint density at radius 3 is 2.77 bits per heavy atom. The highest BCUT2D eigenvalue weighted by Gasteiger charge is 2.37. The lowest BCUT2D eigenvalue weighted by Gasteiger charge is -2.29. The summed E-state index contributed by atoms with van der Waals surface area (Å²) in [6, 6.07) is 10.0. The lowest BCUT2D eigenvalue weighted by molar-refractivity contribution is -0.134. The molecule has 1 aliphatic rings. The van der Waals surface area contributed by atoms with E-state index in [0.29, 0.717) is 25.1 Å². The number of nitrogens with zero attached hydrogens (tertiary/aromatic N) is 2. The van der Waals surface area contributed by atoms with Crippen molar-refractivity contribution in [2.75, 3.05) is 16.8 Å². The number of thioether (sulfide) groups is 1. The van der Waals surface area contributed by atoms with Crippen LogP contribution >= 0.6 is 11.8 Å². The monoisotopic (exact) mass is 317 g/mol. The quantitative estimate of drug-likeness (QED) is 0.906. The highest BCUT2D eigenvalue weighted by atomic mass is 32.2. The smallest absolute Gasteiger partial charge is 0.256 e. The van der Waals surface area contributed by atoms with E-state index in [2.05, 4.69) is 10.4 Å². The highest BCUT2D eigenvalue weighted by Crippen LogP contribution is 2.28. The molecule has 2 heterocycles. The number of aromatic nitrogens is 2. The molecule has 116 valence electrons. The Morgan fingerprint density at radius 1 is 1.32 bits per heavy atom. The zero-order valence-corrected chi connectivity index (χ0v) is 13.1. The summed E-state index contributed by atoms with van der Waals surface area (Å²) < 4.78 is 1.77. The molecule has 2 aromatic rings. The van der Waals surface area contributed by atoms with E-state index in [1.54, 1.807) is 28.8 Å². The predicted molar refractivity (Wildman–Crippen MR) is 87.9 cm³/mol. The number of anilines is 1. The third-order valence-corrected chi connectivity index (χ3v) is 4.81. The molecule has 0 bridgehead atoms. The maximum Gasteiger partial charge on any atom is 0.256 e. The molecule has 0 aliphatic carbocycles. The van der Waals surface area contributed by atoms with Crippen molar-refractivity contribution in [3.63, 3.8) is 0 Å². The molecule has 0 atom stereocenters. The van der Waals surface area contributed by atoms with Gasteiger partial charge in [-0.25, -0.2) is 0 Å². The minimum atomic E-state index is -1.24. The van der Waals surface area contributed by atoms with Gasteiger partial charge in [-0.1, -0.05) is 30.3 Å². The van der Waals surface area contributed by atoms with Crippen LogP contribution in [0.5, 0.6) is 0 Å². The molecule has 1 aromatic carbocycles. The van der Waals surface area contributed by atoms with Crippen molar-refractivity contribution < 1.29 is 9.90 Å². The standard InChI is InChI=1S/C16H19N3O2S/c20-15(16(21)6-8-22-9-7-16)18-14-10-17-19(12-14)11-13-4-2-1-3-5-13/h1-5,10,12,21H,6-9,11H2,(H,18,20). The van der Waals surface area contributed by atoms with Gasteiger partial charge in [-0.05, 0) is 29.9 Å². The maximum absolute atomic E-state index is 12.2. The van der Waals surface area contributed by atoms with Crippen LogP contribution in [-0.2, 0) is 11.3 Å². The molecule has 0 saturated carbocycles. The predicted octanol–water partition coefficient (Wildman–Crippen LogP) is 2.13. The number of carbonyl (C=O) groups excluding carboxylic acids is 1. The van der Waals surface area contributed by atoms with E-state index < -0.39 is 5.60 Å². The third-order valence-electron chi connectivity index (χ3n) is 3.82. The fourth-order valence-corrected chi connectivity index (χ4v) is 3.64. The van der Waals surface area contributed by atoms with Crippen molar-refractivity contribution in [1.82, 2.24) is 9.78 Å². The number of benzene rings is 1. The van der Waals surface area contributed by atoms with Crippen LogP contribution in [0.25, 0.3) is 0 Å². The van der Waals surface area contributed by atoms with Crippen molar-refractivity contribution in [1.29, 1.82) is 0 Å². The van der Waals surface area contributed by atoms with Crippen molar-refractivity contribution in [3.05, 3.63) is 48.3 Å². The Morgan fingerprint density at radius 2 is 2.05 bits per heavy atom. The number of rotatable bonds is 4. The molecule has 0 radical (unpaired) electrons. The van der Waals surface area contributed by atoms with Crippen molar-refractivity contribution in [2.24, 2.45) is 0 Å². The van der Waals surface area contributed by atoms with Crippen LogP contribution in [0.15, 0.2) is 42.7 Å². The fraction of sp³-hybridized carbons (Fsp3) is 0.375. The van der Waals surface area contributed by atoms with E-state index in [0.717, 1.165) is 17.1 Å². The fourth-order valence-electron chi connectivity index (χ4n) is 2.47. The Kier molecular flexibility index (Phi) is 4.49. The first-order chi connectivity index (χ1) is 10.7. The minimum absolute atomic E-state index is 0.327. The number of hydrogen-bond acceptors (Lipinski definition) is 4. The van der Waals surface area contributed by atoms with Gasteiger partial charge < -0.3 is 10.4 Å². The van der Waals surface area contributed by atoms with Gasteiger partial charge in [0.05, 0.1) is 18.4 Å². The summed E-state index contributed by atoms with van der Waals surface area (Å²) in [5, 5.41) is 17.4. The Balaban J connectivity index is 1.63. The molecule has 1 amide bonds. The van der Waals surface area contributed by atoms with Gasteiger partial charge in [0, 0.05) is 6.20 Å². The molecule has 3 rings (SSSR count). The van der Waals surface area contributed by atoms with E-state index in [9.17, 15) is 9.90 Å². The van der Waals surface area contributed by atoms with E-state index in [1.807, 2.05) is 30.3 Å². The summed E-state index contributed by atoms with van der Waals surface area (Å²) in [6.07, 6.45) is 4.40. The van der Waals surface area contributed by atoms with E-state index in [4.69, 9.17) is 0 Å². The van der Waals surface area contributed by atoms with Crippen LogP contribution in [0.2, 0.25) is 0 Å². The summed E-state index contributed by atoms with van der Waals surface area (Å²) in [4.78, 5) is 12.2. The molecular weight excluding hydrogens is 298 g/mol. The van der Waals surface area contributed by atoms with Crippen molar-refractivity contribution in [3.8, 4) is 0 Å². The summed E-state index contributed by atoms with van der Waals surface area (Å²) in [5.74, 6) is 1.31. The molecule has 6 heteroatoms. The largest absolute Gasteiger partial charge is 0.380 e. The van der Waals surface area contributed by atoms with Gasteiger partial charge in [-0.15, -0.1) is 0 Å². The first-order valence-electron chi connectivity index (χ1n) is 7.34. The molecule has 0 unspecified atom stereocenters. The normalized spacial score (nSPS) is 17.1. The molecule has 5 nitrogen and oxygen atoms in total. The van der Waals surface area contributed by atoms with Crippen LogP contribution < -0.4 is 5.32 Å². The number of carbonyl (C=O) groups is 1. The zero-order chi connectivity index (χ0) is 15.4. The third kappa shape index (κ3) is 3.51. The second-order valence-electron chi connectivity index (χ2n) is 5.51. The molecule has 22 heavy (non-hydrogen) atoms. The van der Waals surface area contributed by atoms with E-state index in [1.165, 1.54) is 0 Å². The molecular formula is C16H19N3O2S. The van der Waals surface area contributed by atoms with Crippen LogP contribution in [0.3, 0.4) is 0 Å². The topological polar surface area (TPSA) is 67.2 Å². The van der Waals surface area contributed by atoms with Crippen molar-refractivity contribution >= 4 is 23.4 Å². The van der Waals surface area contributed by atoms with Crippen LogP contribution in [0.4, 0.5) is 5.69 Å². The van der Waals surface area contributed by atoms with Gasteiger partial charge in [0.15, 0.2) is 0 Å². The average Bonchev–Trinajstić information content (AvgIpc) is 2.96. The lowest BCUT2D eigenvalue weighted by atomic mass is 9.96. The van der Waals surface area contributed by atoms with Crippen molar-refractivity contribution in [2.45, 2.75) is 25.0 Å². The summed E-state index contributed by atoms with van der Waals surface area (Å²) >= 11 is 1.77. The molecule has 1 aliphatic heterocycles. The van der Waals surface area contributed by atoms with Gasteiger partial charge in [0.25, 0.3) is 5.91 Å². The maximum atomic E-state index is 12.2. The molecule has 2 N–H and O–H groups in total. The molecule has 1 aromatic heterocycles. The van der Waals surface area contributed by atoms with Gasteiger partial charge >= 0.3 is 0 Å². The molecule has 0 spiro atoms. The summed E-state index contributed by atoms with van der Waals surface area (Å²) in [5.41, 5.74) is 0.520. The summed E-state index contributed by atoms with van der Waals surface area (Å²) in [7, 11) is 0. The molecule has 1 fully saturated rings. The van der Waals surface area contributed by atoms with E-state index in [-0.39, 0.29) is 5.91 Å². The number of nitrogens with one attached hydrogen (secondary N) is 1. The molecule has 1 saturated heterocycles. The number of hydrogen-bond donors (Lipinski definition) is 2. The first-order valence-corrected chi connectivity index (χ1v) is 8.49. The lowest BCUT2D eigenvalue weighted by Crippen LogP contribution is -2.45. The SMILES string of the molecule is O=C(Nc1cnn(Cc2ccccc2)c1)C1(O)CCSCC1. The van der Waals surface area contributed by atoms with Gasteiger partial charge in [-0.3, -0.25) is 9.48 Å². The minimum Gasteiger partial charge on any atom is -0.380 e. The Bertz CT molecular complexity index is 636. The zero-order valence-electron chi connectivity index (χ0n) is 12.2. The van der Waals surface area contributed by atoms with Gasteiger partial charge in [-0.2, -0.15) is 16.9 Å². The average molecular weight is 317 g/mol. The van der Waals surface area contributed by atoms with Gasteiger partial charge in [0.1, 0.15) is 5.60 Å². The van der Waals surface area contributed by atoms with Crippen LogP contribution in [-0.4, -0.2) is 37.9 Å². The second-order valence-corrected chi connectivity index (χ2v) is 6.74. The van der Waals surface area contributed by atoms with Crippen LogP contribution in [0.1, 0.15) is 18.4 Å². The Labute approximate surface area is 133 Å². The Hall–Kier alpha value is -1.79. The summed E-state index contributed by atoms with van der Waals surface area (Å²) in [6.45, 7) is 0.650. The number of aliphatic hydroxyl groups is 1. The second kappa shape index (κ2) is 6.54. The van der Waals surface area contributed by atoms with E-state index >= 15 is 0 Å².